The number of nitrogens with zero attached hydrogens (tertiary/aromatic N) is 3. The monoisotopic (exact) mass is 329 g/mol. The Bertz CT molecular complexity index is 620. The van der Waals surface area contributed by atoms with Gasteiger partial charge in [0, 0.05) is 18.4 Å². The van der Waals surface area contributed by atoms with Gasteiger partial charge in [-0.05, 0) is 40.2 Å². The van der Waals surface area contributed by atoms with Crippen LogP contribution in [0.5, 0.6) is 0 Å². The zero-order valence-corrected chi connectivity index (χ0v) is 12.2. The zero-order chi connectivity index (χ0) is 14.4. The second-order valence-electron chi connectivity index (χ2n) is 4.07. The molecule has 0 aliphatic heterocycles. The molecule has 5 heteroatoms. The van der Waals surface area contributed by atoms with Crippen LogP contribution in [0, 0.1) is 11.3 Å². The number of aromatic nitrogens is 1. The minimum atomic E-state index is -0.161. The molecule has 0 spiro atoms. The van der Waals surface area contributed by atoms with Gasteiger partial charge >= 0.3 is 0 Å². The molecule has 0 radical (unpaired) electrons. The average Bonchev–Trinajstić information content (AvgIpc) is 2.49. The Morgan fingerprint density at radius 3 is 2.60 bits per heavy atom. The largest absolute Gasteiger partial charge is 0.307 e. The number of rotatable bonds is 4. The smallest absolute Gasteiger partial charge is 0.259 e. The summed E-state index contributed by atoms with van der Waals surface area (Å²) in [6.07, 6.45) is 1.80. The second-order valence-corrected chi connectivity index (χ2v) is 4.88. The lowest BCUT2D eigenvalue weighted by molar-refractivity contribution is 0.0987. The van der Waals surface area contributed by atoms with E-state index in [9.17, 15) is 4.79 Å². The highest BCUT2D eigenvalue weighted by molar-refractivity contribution is 9.10. The number of hydrogen-bond donors (Lipinski definition) is 0. The van der Waals surface area contributed by atoms with E-state index in [4.69, 9.17) is 5.26 Å². The number of pyridine rings is 1. The van der Waals surface area contributed by atoms with E-state index in [1.54, 1.807) is 17.0 Å². The quantitative estimate of drug-likeness (QED) is 0.807. The summed E-state index contributed by atoms with van der Waals surface area (Å²) in [7, 11) is 0. The van der Waals surface area contributed by atoms with Gasteiger partial charge in [0.05, 0.1) is 18.1 Å². The predicted octanol–water partition coefficient (Wildman–Crippen LogP) is 3.40. The molecule has 0 aliphatic rings. The van der Waals surface area contributed by atoms with Crippen LogP contribution in [0.1, 0.15) is 16.8 Å². The predicted molar refractivity (Wildman–Crippen MR) is 80.3 cm³/mol. The van der Waals surface area contributed by atoms with E-state index in [1.807, 2.05) is 30.3 Å². The molecule has 100 valence electrons. The Morgan fingerprint density at radius 2 is 2.00 bits per heavy atom. The molecule has 0 atom stereocenters. The van der Waals surface area contributed by atoms with Gasteiger partial charge in [-0.2, -0.15) is 5.26 Å². The van der Waals surface area contributed by atoms with Crippen LogP contribution in [0.15, 0.2) is 53.3 Å². The van der Waals surface area contributed by atoms with Crippen molar-refractivity contribution >= 4 is 27.5 Å². The van der Waals surface area contributed by atoms with Crippen molar-refractivity contribution in [1.29, 1.82) is 5.26 Å². The molecule has 1 heterocycles. The van der Waals surface area contributed by atoms with Crippen molar-refractivity contribution in [2.75, 3.05) is 11.4 Å². The molecule has 4 nitrogen and oxygen atoms in total. The third kappa shape index (κ3) is 3.43. The maximum atomic E-state index is 12.5. The van der Waals surface area contributed by atoms with Crippen molar-refractivity contribution in [3.8, 4) is 6.07 Å². The first-order valence-electron chi connectivity index (χ1n) is 6.08. The molecular formula is C15H12BrN3O. The fraction of sp³-hybridized carbons (Fsp3) is 0.133. The van der Waals surface area contributed by atoms with Gasteiger partial charge in [-0.1, -0.05) is 18.2 Å². The SMILES string of the molecule is N#CCCN(C(=O)c1ccc(Br)nc1)c1ccccc1. The van der Waals surface area contributed by atoms with Crippen molar-refractivity contribution in [2.45, 2.75) is 6.42 Å². The van der Waals surface area contributed by atoms with Gasteiger partial charge in [0.25, 0.3) is 5.91 Å². The normalized spacial score (nSPS) is 9.80. The molecule has 2 aromatic rings. The van der Waals surface area contributed by atoms with Gasteiger partial charge in [-0.15, -0.1) is 0 Å². The summed E-state index contributed by atoms with van der Waals surface area (Å²) in [4.78, 5) is 18.2. The lowest BCUT2D eigenvalue weighted by atomic mass is 10.2. The van der Waals surface area contributed by atoms with Crippen molar-refractivity contribution in [1.82, 2.24) is 4.98 Å². The summed E-state index contributed by atoms with van der Waals surface area (Å²) in [6, 6.07) is 14.8. The lowest BCUT2D eigenvalue weighted by Gasteiger charge is -2.21. The number of halogens is 1. The van der Waals surface area contributed by atoms with Gasteiger partial charge in [-0.25, -0.2) is 4.98 Å². The van der Waals surface area contributed by atoms with Crippen LogP contribution in [0.3, 0.4) is 0 Å². The highest BCUT2D eigenvalue weighted by atomic mass is 79.9. The van der Waals surface area contributed by atoms with Crippen molar-refractivity contribution in [3.63, 3.8) is 0 Å². The maximum absolute atomic E-state index is 12.5. The Labute approximate surface area is 125 Å². The Hall–Kier alpha value is -2.19. The molecule has 0 fully saturated rings. The third-order valence-corrected chi connectivity index (χ3v) is 3.20. The van der Waals surface area contributed by atoms with Crippen LogP contribution in [0.25, 0.3) is 0 Å². The molecule has 1 amide bonds. The number of anilines is 1. The fourth-order valence-corrected chi connectivity index (χ4v) is 2.01. The first kappa shape index (κ1) is 14.2. The van der Waals surface area contributed by atoms with Crippen LogP contribution >= 0.6 is 15.9 Å². The highest BCUT2D eigenvalue weighted by Crippen LogP contribution is 2.17. The summed E-state index contributed by atoms with van der Waals surface area (Å²) < 4.78 is 0.678. The van der Waals surface area contributed by atoms with Gasteiger partial charge < -0.3 is 4.90 Å². The Balaban J connectivity index is 2.29. The minimum Gasteiger partial charge on any atom is -0.307 e. The minimum absolute atomic E-state index is 0.161. The topological polar surface area (TPSA) is 57.0 Å². The van der Waals surface area contributed by atoms with Gasteiger partial charge in [-0.3, -0.25) is 4.79 Å². The maximum Gasteiger partial charge on any atom is 0.259 e. The van der Waals surface area contributed by atoms with E-state index < -0.39 is 0 Å². The first-order chi connectivity index (χ1) is 9.72. The van der Waals surface area contributed by atoms with Gasteiger partial charge in [0.2, 0.25) is 0 Å². The van der Waals surface area contributed by atoms with Crippen LogP contribution < -0.4 is 4.90 Å². The third-order valence-electron chi connectivity index (χ3n) is 2.73. The second kappa shape index (κ2) is 6.83. The molecule has 0 N–H and O–H groups in total. The van der Waals surface area contributed by atoms with E-state index in [-0.39, 0.29) is 12.3 Å². The molecule has 0 saturated carbocycles. The van der Waals surface area contributed by atoms with Crippen LogP contribution in [-0.2, 0) is 0 Å². The van der Waals surface area contributed by atoms with Crippen molar-refractivity contribution in [3.05, 3.63) is 58.8 Å². The molecule has 2 rings (SSSR count). The number of hydrogen-bond acceptors (Lipinski definition) is 3. The van der Waals surface area contributed by atoms with Crippen LogP contribution in [-0.4, -0.2) is 17.4 Å². The van der Waals surface area contributed by atoms with Crippen molar-refractivity contribution in [2.24, 2.45) is 0 Å². The summed E-state index contributed by atoms with van der Waals surface area (Å²) >= 11 is 3.24. The lowest BCUT2D eigenvalue weighted by Crippen LogP contribution is -2.31. The Kier molecular flexibility index (Phi) is 4.85. The standard InChI is InChI=1S/C15H12BrN3O/c16-14-8-7-12(11-18-14)15(20)19(10-4-9-17)13-5-2-1-3-6-13/h1-3,5-8,11H,4,10H2. The van der Waals surface area contributed by atoms with E-state index in [0.29, 0.717) is 16.7 Å². The number of carbonyl (C=O) groups excluding carboxylic acids is 1. The number of para-hydroxylation sites is 1. The fourth-order valence-electron chi connectivity index (χ4n) is 1.78. The molecule has 0 unspecified atom stereocenters. The van der Waals surface area contributed by atoms with E-state index in [2.05, 4.69) is 27.0 Å². The molecule has 1 aromatic heterocycles. The van der Waals surface area contributed by atoms with Gasteiger partial charge in [0.1, 0.15) is 4.60 Å². The summed E-state index contributed by atoms with van der Waals surface area (Å²) in [5.74, 6) is -0.161. The van der Waals surface area contributed by atoms with Gasteiger partial charge in [0.15, 0.2) is 0 Å². The van der Waals surface area contributed by atoms with E-state index in [0.717, 1.165) is 5.69 Å². The zero-order valence-electron chi connectivity index (χ0n) is 10.7. The molecule has 0 aliphatic carbocycles. The highest BCUT2D eigenvalue weighted by Gasteiger charge is 2.17. The number of amides is 1. The summed E-state index contributed by atoms with van der Waals surface area (Å²) in [5.41, 5.74) is 1.27. The van der Waals surface area contributed by atoms with Crippen molar-refractivity contribution < 1.29 is 4.79 Å². The molecule has 0 bridgehead atoms. The molecule has 1 aromatic carbocycles. The number of nitriles is 1. The average molecular weight is 330 g/mol. The summed E-state index contributed by atoms with van der Waals surface area (Å²) in [6.45, 7) is 0.357. The van der Waals surface area contributed by atoms with Crippen LogP contribution in [0.4, 0.5) is 5.69 Å². The molecular weight excluding hydrogens is 318 g/mol. The van der Waals surface area contributed by atoms with Crippen LogP contribution in [0.2, 0.25) is 0 Å². The molecule has 20 heavy (non-hydrogen) atoms. The van der Waals surface area contributed by atoms with E-state index in [1.165, 1.54) is 6.20 Å². The Morgan fingerprint density at radius 1 is 1.25 bits per heavy atom. The van der Waals surface area contributed by atoms with E-state index >= 15 is 0 Å². The molecule has 0 saturated heterocycles. The number of benzene rings is 1. The number of carbonyl (C=O) groups is 1. The summed E-state index contributed by atoms with van der Waals surface area (Å²) in [5, 5.41) is 8.74. The first-order valence-corrected chi connectivity index (χ1v) is 6.87.